The van der Waals surface area contributed by atoms with Crippen molar-refractivity contribution >= 4 is 28.2 Å². The number of aryl methyl sites for hydroxylation is 1. The second-order valence-corrected chi connectivity index (χ2v) is 5.83. The minimum Gasteiger partial charge on any atom is -0.465 e. The highest BCUT2D eigenvalue weighted by Crippen LogP contribution is 2.27. The van der Waals surface area contributed by atoms with E-state index in [9.17, 15) is 9.59 Å². The number of nitrogens with zero attached hydrogens (tertiary/aromatic N) is 1. The summed E-state index contributed by atoms with van der Waals surface area (Å²) in [4.78, 5) is 31.3. The van der Waals surface area contributed by atoms with Gasteiger partial charge >= 0.3 is 5.97 Å². The van der Waals surface area contributed by atoms with Gasteiger partial charge in [0.25, 0.3) is 0 Å². The Balaban J connectivity index is 1.70. The Labute approximate surface area is 125 Å². The monoisotopic (exact) mass is 305 g/mol. The predicted molar refractivity (Wildman–Crippen MR) is 78.4 cm³/mol. The van der Waals surface area contributed by atoms with Crippen molar-refractivity contribution in [3.63, 3.8) is 0 Å². The molecule has 0 aromatic carbocycles. The second kappa shape index (κ2) is 5.69. The molecule has 6 nitrogen and oxygen atoms in total. The Bertz CT molecular complexity index is 677. The van der Waals surface area contributed by atoms with Crippen LogP contribution >= 0.6 is 11.3 Å². The summed E-state index contributed by atoms with van der Waals surface area (Å²) < 4.78 is 4.70. The fourth-order valence-electron chi connectivity index (χ4n) is 2.52. The second-order valence-electron chi connectivity index (χ2n) is 4.91. The van der Waals surface area contributed by atoms with Gasteiger partial charge in [-0.1, -0.05) is 0 Å². The van der Waals surface area contributed by atoms with E-state index in [1.165, 1.54) is 18.4 Å². The van der Waals surface area contributed by atoms with Gasteiger partial charge < -0.3 is 15.0 Å². The maximum atomic E-state index is 12.4. The normalized spacial score (nSPS) is 17.1. The first-order valence-electron chi connectivity index (χ1n) is 6.67. The third-order valence-electron chi connectivity index (χ3n) is 3.67. The molecule has 0 saturated carbocycles. The van der Waals surface area contributed by atoms with Gasteiger partial charge in [0.15, 0.2) is 0 Å². The number of hydrogen-bond donors (Lipinski definition) is 2. The van der Waals surface area contributed by atoms with Crippen LogP contribution in [0, 0.1) is 5.92 Å². The summed E-state index contributed by atoms with van der Waals surface area (Å²) in [5.74, 6) is -0.612. The molecule has 0 saturated heterocycles. The van der Waals surface area contributed by atoms with E-state index in [0.29, 0.717) is 17.0 Å². The van der Waals surface area contributed by atoms with E-state index in [1.54, 1.807) is 17.8 Å². The lowest BCUT2D eigenvalue weighted by molar-refractivity contribution is -0.120. The molecule has 0 fully saturated rings. The van der Waals surface area contributed by atoms with Crippen molar-refractivity contribution in [2.24, 2.45) is 5.92 Å². The molecule has 2 heterocycles. The average molecular weight is 305 g/mol. The highest BCUT2D eigenvalue weighted by Gasteiger charge is 2.27. The van der Waals surface area contributed by atoms with Gasteiger partial charge in [-0.05, 0) is 24.3 Å². The third kappa shape index (κ3) is 2.69. The first-order valence-corrected chi connectivity index (χ1v) is 7.54. The summed E-state index contributed by atoms with van der Waals surface area (Å²) in [6, 6.07) is 1.65. The summed E-state index contributed by atoms with van der Waals surface area (Å²) in [5.41, 5.74) is 2.47. The molecular weight excluding hydrogens is 290 g/mol. The van der Waals surface area contributed by atoms with Gasteiger partial charge in [-0.25, -0.2) is 9.78 Å². The fraction of sp³-hybridized carbons (Fsp3) is 0.357. The first-order chi connectivity index (χ1) is 10.2. The molecule has 0 radical (unpaired) electrons. The Kier molecular flexibility index (Phi) is 3.74. The minimum atomic E-state index is -0.439. The van der Waals surface area contributed by atoms with E-state index in [1.807, 2.05) is 0 Å². The lowest BCUT2D eigenvalue weighted by Crippen LogP contribution is -2.28. The number of carbonyl (C=O) groups excluding carboxylic acids is 2. The number of ether oxygens (including phenoxy) is 1. The van der Waals surface area contributed by atoms with Crippen molar-refractivity contribution in [1.82, 2.24) is 9.97 Å². The van der Waals surface area contributed by atoms with Crippen molar-refractivity contribution in [3.8, 4) is 0 Å². The van der Waals surface area contributed by atoms with Crippen LogP contribution in [-0.4, -0.2) is 29.0 Å². The summed E-state index contributed by atoms with van der Waals surface area (Å²) in [6.45, 7) is 0. The van der Waals surface area contributed by atoms with Crippen LogP contribution in [-0.2, 0) is 22.4 Å². The standard InChI is InChI=1S/C14H15N3O3S/c1-20-14(19)9-4-5-21-13(9)17-12(18)8-2-3-10-11(6-8)16-7-15-10/h4-5,7-8H,2-3,6H2,1H3,(H,15,16)(H,17,18). The number of H-pyrrole nitrogens is 1. The molecule has 7 heteroatoms. The molecule has 1 unspecified atom stereocenters. The van der Waals surface area contributed by atoms with Crippen molar-refractivity contribution in [2.45, 2.75) is 19.3 Å². The quantitative estimate of drug-likeness (QED) is 0.850. The van der Waals surface area contributed by atoms with Crippen LogP contribution in [0.25, 0.3) is 0 Å². The van der Waals surface area contributed by atoms with Gasteiger partial charge in [0, 0.05) is 18.0 Å². The van der Waals surface area contributed by atoms with Gasteiger partial charge in [0.1, 0.15) is 5.00 Å². The number of fused-ring (bicyclic) bond motifs is 1. The number of hydrogen-bond acceptors (Lipinski definition) is 5. The van der Waals surface area contributed by atoms with Gasteiger partial charge in [-0.3, -0.25) is 4.79 Å². The molecule has 0 spiro atoms. The zero-order valence-electron chi connectivity index (χ0n) is 11.5. The fourth-order valence-corrected chi connectivity index (χ4v) is 3.29. The molecular formula is C14H15N3O3S. The Morgan fingerprint density at radius 2 is 2.38 bits per heavy atom. The van der Waals surface area contributed by atoms with Gasteiger partial charge in [-0.2, -0.15) is 0 Å². The Morgan fingerprint density at radius 1 is 1.52 bits per heavy atom. The lowest BCUT2D eigenvalue weighted by atomic mass is 9.89. The maximum Gasteiger partial charge on any atom is 0.340 e. The number of nitrogens with one attached hydrogen (secondary N) is 2. The molecule has 2 N–H and O–H groups in total. The van der Waals surface area contributed by atoms with E-state index in [-0.39, 0.29) is 11.8 Å². The summed E-state index contributed by atoms with van der Waals surface area (Å²) >= 11 is 1.32. The molecule has 0 aliphatic heterocycles. The topological polar surface area (TPSA) is 84.1 Å². The van der Waals surface area contributed by atoms with Crippen LogP contribution in [0.1, 0.15) is 28.2 Å². The maximum absolute atomic E-state index is 12.4. The van der Waals surface area contributed by atoms with Gasteiger partial charge in [0.2, 0.25) is 5.91 Å². The number of amides is 1. The first kappa shape index (κ1) is 13.8. The summed E-state index contributed by atoms with van der Waals surface area (Å²) in [6.07, 6.45) is 3.88. The molecule has 2 aromatic heterocycles. The molecule has 3 rings (SSSR count). The van der Waals surface area contributed by atoms with Crippen molar-refractivity contribution in [1.29, 1.82) is 0 Å². The smallest absolute Gasteiger partial charge is 0.340 e. The number of carbonyl (C=O) groups is 2. The average Bonchev–Trinajstić information content (AvgIpc) is 3.14. The zero-order chi connectivity index (χ0) is 14.8. The van der Waals surface area contributed by atoms with E-state index >= 15 is 0 Å². The highest BCUT2D eigenvalue weighted by molar-refractivity contribution is 7.14. The lowest BCUT2D eigenvalue weighted by Gasteiger charge is -2.20. The van der Waals surface area contributed by atoms with E-state index < -0.39 is 5.97 Å². The Hall–Kier alpha value is -2.15. The van der Waals surface area contributed by atoms with Crippen LogP contribution < -0.4 is 5.32 Å². The molecule has 1 aliphatic rings. The number of aromatic amines is 1. The van der Waals surface area contributed by atoms with Crippen molar-refractivity contribution in [2.75, 3.05) is 12.4 Å². The SMILES string of the molecule is COC(=O)c1ccsc1NC(=O)C1CCc2nc[nH]c2C1. The zero-order valence-corrected chi connectivity index (χ0v) is 12.3. The summed E-state index contributed by atoms with van der Waals surface area (Å²) in [5, 5.41) is 5.15. The van der Waals surface area contributed by atoms with Crippen LogP contribution in [0.5, 0.6) is 0 Å². The minimum absolute atomic E-state index is 0.0668. The molecule has 0 bridgehead atoms. The van der Waals surface area contributed by atoms with Gasteiger partial charge in [-0.15, -0.1) is 11.3 Å². The number of anilines is 1. The number of methoxy groups -OCH3 is 1. The molecule has 110 valence electrons. The molecule has 1 atom stereocenters. The number of rotatable bonds is 3. The Morgan fingerprint density at radius 3 is 3.19 bits per heavy atom. The molecule has 2 aromatic rings. The van der Waals surface area contributed by atoms with E-state index in [2.05, 4.69) is 15.3 Å². The highest BCUT2D eigenvalue weighted by atomic mass is 32.1. The number of esters is 1. The van der Waals surface area contributed by atoms with E-state index in [4.69, 9.17) is 4.74 Å². The van der Waals surface area contributed by atoms with Gasteiger partial charge in [0.05, 0.1) is 24.7 Å². The predicted octanol–water partition coefficient (Wildman–Crippen LogP) is 2.00. The molecule has 1 amide bonds. The summed E-state index contributed by atoms with van der Waals surface area (Å²) in [7, 11) is 1.33. The molecule has 1 aliphatic carbocycles. The van der Waals surface area contributed by atoms with Crippen LogP contribution in [0.4, 0.5) is 5.00 Å². The number of thiophene rings is 1. The number of aromatic nitrogens is 2. The van der Waals surface area contributed by atoms with Crippen molar-refractivity contribution < 1.29 is 14.3 Å². The molecule has 21 heavy (non-hydrogen) atoms. The van der Waals surface area contributed by atoms with Crippen LogP contribution in [0.3, 0.4) is 0 Å². The van der Waals surface area contributed by atoms with Crippen LogP contribution in [0.2, 0.25) is 0 Å². The largest absolute Gasteiger partial charge is 0.465 e. The van der Waals surface area contributed by atoms with Crippen molar-refractivity contribution in [3.05, 3.63) is 34.7 Å². The van der Waals surface area contributed by atoms with Crippen LogP contribution in [0.15, 0.2) is 17.8 Å². The number of imidazole rings is 1. The van der Waals surface area contributed by atoms with E-state index in [0.717, 1.165) is 24.2 Å². The third-order valence-corrected chi connectivity index (χ3v) is 4.50.